The van der Waals surface area contributed by atoms with Crippen LogP contribution in [-0.4, -0.2) is 61.1 Å². The number of benzene rings is 1. The molecule has 1 N–H and O–H groups in total. The van der Waals surface area contributed by atoms with Crippen molar-refractivity contribution in [2.75, 3.05) is 44.3 Å². The molecule has 2 aliphatic heterocycles. The van der Waals surface area contributed by atoms with E-state index in [4.69, 9.17) is 4.74 Å². The predicted octanol–water partition coefficient (Wildman–Crippen LogP) is 2.23. The second-order valence-electron chi connectivity index (χ2n) is 7.94. The van der Waals surface area contributed by atoms with Crippen molar-refractivity contribution in [3.63, 3.8) is 0 Å². The van der Waals surface area contributed by atoms with Crippen molar-refractivity contribution in [3.8, 4) is 0 Å². The van der Waals surface area contributed by atoms with E-state index >= 15 is 0 Å². The molecule has 2 amide bonds. The van der Waals surface area contributed by atoms with Crippen LogP contribution in [0.5, 0.6) is 0 Å². The highest BCUT2D eigenvalue weighted by molar-refractivity contribution is 5.94. The molecule has 0 aliphatic carbocycles. The maximum absolute atomic E-state index is 13.1. The van der Waals surface area contributed by atoms with Crippen LogP contribution in [0.25, 0.3) is 0 Å². The van der Waals surface area contributed by atoms with E-state index in [0.29, 0.717) is 38.4 Å². The van der Waals surface area contributed by atoms with Crippen molar-refractivity contribution in [2.24, 2.45) is 5.92 Å². The molecule has 3 heterocycles. The molecule has 2 aromatic rings. The number of anilines is 1. The van der Waals surface area contributed by atoms with Crippen LogP contribution in [0.3, 0.4) is 0 Å². The summed E-state index contributed by atoms with van der Waals surface area (Å²) in [5, 5.41) is 2.97. The van der Waals surface area contributed by atoms with Crippen LogP contribution in [0.15, 0.2) is 42.6 Å². The first kappa shape index (κ1) is 21.2. The third kappa shape index (κ3) is 5.38. The Hall–Kier alpha value is -3.00. The number of carbonyl (C=O) groups is 2. The van der Waals surface area contributed by atoms with Crippen molar-refractivity contribution < 1.29 is 18.7 Å². The molecule has 2 aliphatic rings. The van der Waals surface area contributed by atoms with Gasteiger partial charge in [0.25, 0.3) is 5.91 Å². The Morgan fingerprint density at radius 3 is 2.58 bits per heavy atom. The number of ether oxygens (including phenoxy) is 1. The first-order valence-electron chi connectivity index (χ1n) is 10.7. The number of aromatic nitrogens is 1. The highest BCUT2D eigenvalue weighted by atomic mass is 19.1. The summed E-state index contributed by atoms with van der Waals surface area (Å²) in [5.74, 6) is 0.0634. The fourth-order valence-corrected chi connectivity index (χ4v) is 3.98. The van der Waals surface area contributed by atoms with Crippen LogP contribution < -0.4 is 10.2 Å². The number of morpholine rings is 1. The molecule has 2 fully saturated rings. The summed E-state index contributed by atoms with van der Waals surface area (Å²) < 4.78 is 18.5. The number of hydrogen-bond donors (Lipinski definition) is 1. The Bertz CT molecular complexity index is 898. The normalized spacial score (nSPS) is 19.2. The second kappa shape index (κ2) is 9.87. The van der Waals surface area contributed by atoms with Crippen LogP contribution >= 0.6 is 0 Å². The van der Waals surface area contributed by atoms with Crippen LogP contribution in [0, 0.1) is 11.7 Å². The molecule has 7 nitrogen and oxygen atoms in total. The van der Waals surface area contributed by atoms with Crippen molar-refractivity contribution in [2.45, 2.75) is 19.4 Å². The molecule has 0 spiro atoms. The van der Waals surface area contributed by atoms with Gasteiger partial charge < -0.3 is 19.9 Å². The lowest BCUT2D eigenvalue weighted by Gasteiger charge is -2.32. The molecule has 0 radical (unpaired) electrons. The van der Waals surface area contributed by atoms with Crippen molar-refractivity contribution in [3.05, 3.63) is 59.5 Å². The van der Waals surface area contributed by atoms with E-state index in [2.05, 4.69) is 15.2 Å². The zero-order valence-corrected chi connectivity index (χ0v) is 17.4. The Morgan fingerprint density at radius 1 is 1.10 bits per heavy atom. The third-order valence-electron chi connectivity index (χ3n) is 5.78. The highest BCUT2D eigenvalue weighted by Gasteiger charge is 2.28. The minimum atomic E-state index is -0.375. The lowest BCUT2D eigenvalue weighted by molar-refractivity contribution is -0.126. The zero-order chi connectivity index (χ0) is 21.6. The number of rotatable bonds is 5. The Labute approximate surface area is 181 Å². The van der Waals surface area contributed by atoms with Gasteiger partial charge in [0.15, 0.2) is 0 Å². The summed E-state index contributed by atoms with van der Waals surface area (Å²) >= 11 is 0. The van der Waals surface area contributed by atoms with Gasteiger partial charge in [-0.3, -0.25) is 9.59 Å². The van der Waals surface area contributed by atoms with Crippen LogP contribution in [0.2, 0.25) is 0 Å². The van der Waals surface area contributed by atoms with Crippen molar-refractivity contribution >= 4 is 17.6 Å². The smallest absolute Gasteiger partial charge is 0.253 e. The number of nitrogens with zero attached hydrogens (tertiary/aromatic N) is 3. The number of nitrogens with one attached hydrogen (secondary N) is 1. The Kier molecular flexibility index (Phi) is 6.76. The van der Waals surface area contributed by atoms with E-state index in [1.165, 1.54) is 24.3 Å². The topological polar surface area (TPSA) is 74.8 Å². The molecular formula is C23H27FN4O3. The molecule has 1 aromatic heterocycles. The van der Waals surface area contributed by atoms with Gasteiger partial charge in [-0.2, -0.15) is 0 Å². The van der Waals surface area contributed by atoms with Gasteiger partial charge in [-0.15, -0.1) is 0 Å². The number of carbonyl (C=O) groups excluding carboxylic acids is 2. The maximum atomic E-state index is 13.1. The fraction of sp³-hybridized carbons (Fsp3) is 0.435. The SMILES string of the molecule is O=C(NCc1ccc(N2CCOCC2)nc1)[C@@H]1CCCN(C(=O)c2ccc(F)cc2)C1. The first-order valence-corrected chi connectivity index (χ1v) is 10.7. The van der Waals surface area contributed by atoms with Crippen molar-refractivity contribution in [1.29, 1.82) is 0 Å². The summed E-state index contributed by atoms with van der Waals surface area (Å²) in [4.78, 5) is 33.7. The van der Waals surface area contributed by atoms with E-state index in [-0.39, 0.29) is 23.5 Å². The Balaban J connectivity index is 1.29. The minimum Gasteiger partial charge on any atom is -0.378 e. The second-order valence-corrected chi connectivity index (χ2v) is 7.94. The molecule has 0 unspecified atom stereocenters. The number of pyridine rings is 1. The number of amides is 2. The average Bonchev–Trinajstić information content (AvgIpc) is 2.83. The van der Waals surface area contributed by atoms with Crippen molar-refractivity contribution in [1.82, 2.24) is 15.2 Å². The summed E-state index contributed by atoms with van der Waals surface area (Å²) in [7, 11) is 0. The molecule has 0 bridgehead atoms. The quantitative estimate of drug-likeness (QED) is 0.794. The van der Waals surface area contributed by atoms with Gasteiger partial charge in [0.2, 0.25) is 5.91 Å². The van der Waals surface area contributed by atoms with E-state index < -0.39 is 0 Å². The lowest BCUT2D eigenvalue weighted by atomic mass is 9.96. The van der Waals surface area contributed by atoms with Gasteiger partial charge >= 0.3 is 0 Å². The summed E-state index contributed by atoms with van der Waals surface area (Å²) in [6.45, 7) is 4.46. The standard InChI is InChI=1S/C23H27FN4O3/c24-20-6-4-18(5-7-20)23(30)28-9-1-2-19(16-28)22(29)26-15-17-3-8-21(25-14-17)27-10-12-31-13-11-27/h3-8,14,19H,1-2,9-13,15-16H2,(H,26,29)/t19-/m1/s1. The zero-order valence-electron chi connectivity index (χ0n) is 17.4. The minimum absolute atomic E-state index is 0.0612. The summed E-state index contributed by atoms with van der Waals surface area (Å²) in [6.07, 6.45) is 3.30. The summed E-state index contributed by atoms with van der Waals surface area (Å²) in [6, 6.07) is 9.46. The van der Waals surface area contributed by atoms with Gasteiger partial charge in [-0.1, -0.05) is 6.07 Å². The molecule has 164 valence electrons. The molecule has 8 heteroatoms. The van der Waals surface area contributed by atoms with Crippen LogP contribution in [0.4, 0.5) is 10.2 Å². The fourth-order valence-electron chi connectivity index (χ4n) is 3.98. The first-order chi connectivity index (χ1) is 15.1. The molecule has 31 heavy (non-hydrogen) atoms. The van der Waals surface area contributed by atoms with E-state index in [9.17, 15) is 14.0 Å². The number of hydrogen-bond acceptors (Lipinski definition) is 5. The third-order valence-corrected chi connectivity index (χ3v) is 5.78. The van der Waals surface area contributed by atoms with Gasteiger partial charge in [-0.05, 0) is 48.7 Å². The van der Waals surface area contributed by atoms with E-state index in [0.717, 1.165) is 37.3 Å². The predicted molar refractivity (Wildman–Crippen MR) is 114 cm³/mol. The molecular weight excluding hydrogens is 399 g/mol. The summed E-state index contributed by atoms with van der Waals surface area (Å²) in [5.41, 5.74) is 1.37. The molecule has 0 saturated carbocycles. The maximum Gasteiger partial charge on any atom is 0.253 e. The van der Waals surface area contributed by atoms with Gasteiger partial charge in [0.05, 0.1) is 19.1 Å². The average molecular weight is 426 g/mol. The van der Waals surface area contributed by atoms with E-state index in [1.54, 1.807) is 11.1 Å². The van der Waals surface area contributed by atoms with Gasteiger partial charge in [-0.25, -0.2) is 9.37 Å². The van der Waals surface area contributed by atoms with Gasteiger partial charge in [0, 0.05) is 44.5 Å². The largest absolute Gasteiger partial charge is 0.378 e. The molecule has 2 saturated heterocycles. The monoisotopic (exact) mass is 426 g/mol. The highest BCUT2D eigenvalue weighted by Crippen LogP contribution is 2.20. The molecule has 1 aromatic carbocycles. The number of piperidine rings is 1. The van der Waals surface area contributed by atoms with E-state index in [1.807, 2.05) is 12.1 Å². The molecule has 4 rings (SSSR count). The number of halogens is 1. The molecule has 1 atom stereocenters. The lowest BCUT2D eigenvalue weighted by Crippen LogP contribution is -2.45. The number of likely N-dealkylation sites (tertiary alicyclic amines) is 1. The van der Waals surface area contributed by atoms with Crippen LogP contribution in [0.1, 0.15) is 28.8 Å². The Morgan fingerprint density at radius 2 is 1.87 bits per heavy atom. The van der Waals surface area contributed by atoms with Gasteiger partial charge in [0.1, 0.15) is 11.6 Å². The van der Waals surface area contributed by atoms with Crippen LogP contribution in [-0.2, 0) is 16.1 Å².